The highest BCUT2D eigenvalue weighted by Gasteiger charge is 2.15. The van der Waals surface area contributed by atoms with Gasteiger partial charge in [-0.1, -0.05) is 45.9 Å². The van der Waals surface area contributed by atoms with Crippen molar-refractivity contribution in [2.75, 3.05) is 24.1 Å². The van der Waals surface area contributed by atoms with Crippen molar-refractivity contribution in [1.82, 2.24) is 4.31 Å². The second-order valence-corrected chi connectivity index (χ2v) is 9.10. The summed E-state index contributed by atoms with van der Waals surface area (Å²) in [5, 5.41) is 3.53. The van der Waals surface area contributed by atoms with Crippen LogP contribution in [-0.2, 0) is 10.2 Å². The van der Waals surface area contributed by atoms with Gasteiger partial charge in [-0.3, -0.25) is 4.72 Å². The van der Waals surface area contributed by atoms with Crippen molar-refractivity contribution in [3.05, 3.63) is 53.6 Å². The number of hydrogen-bond donors (Lipinski definition) is 2. The van der Waals surface area contributed by atoms with Crippen LogP contribution in [0.3, 0.4) is 0 Å². The minimum atomic E-state index is -3.50. The first-order valence-electron chi connectivity index (χ1n) is 8.82. The van der Waals surface area contributed by atoms with E-state index in [0.29, 0.717) is 17.5 Å². The summed E-state index contributed by atoms with van der Waals surface area (Å²) in [7, 11) is -0.507. The zero-order valence-corrected chi connectivity index (χ0v) is 17.2. The number of anilines is 3. The molecule has 0 saturated carbocycles. The van der Waals surface area contributed by atoms with Crippen molar-refractivity contribution in [1.29, 1.82) is 0 Å². The van der Waals surface area contributed by atoms with Crippen LogP contribution in [0.2, 0.25) is 0 Å². The van der Waals surface area contributed by atoms with Gasteiger partial charge < -0.3 is 5.32 Å². The van der Waals surface area contributed by atoms with E-state index >= 15 is 0 Å². The Labute approximate surface area is 157 Å². The Morgan fingerprint density at radius 2 is 1.27 bits per heavy atom. The average molecular weight is 376 g/mol. The Morgan fingerprint density at radius 1 is 0.808 bits per heavy atom. The monoisotopic (exact) mass is 375 g/mol. The Morgan fingerprint density at radius 3 is 1.69 bits per heavy atom. The Kier molecular flexibility index (Phi) is 6.31. The fraction of sp³-hybridized carbons (Fsp3) is 0.400. The van der Waals surface area contributed by atoms with Crippen LogP contribution < -0.4 is 10.0 Å². The highest BCUT2D eigenvalue weighted by molar-refractivity contribution is 7.90. The van der Waals surface area contributed by atoms with E-state index in [1.165, 1.54) is 25.2 Å². The van der Waals surface area contributed by atoms with Gasteiger partial charge in [0.05, 0.1) is 0 Å². The van der Waals surface area contributed by atoms with Crippen LogP contribution in [0, 0.1) is 0 Å². The van der Waals surface area contributed by atoms with Crippen LogP contribution in [0.15, 0.2) is 42.5 Å². The van der Waals surface area contributed by atoms with Crippen LogP contribution >= 0.6 is 0 Å². The van der Waals surface area contributed by atoms with Crippen LogP contribution in [0.1, 0.15) is 50.7 Å². The fourth-order valence-electron chi connectivity index (χ4n) is 2.70. The SMILES string of the molecule is CC(C)c1cccc(C(C)C)c1Nc1ccc(NS(=O)(=O)N(C)C)cc1. The molecule has 0 bridgehead atoms. The first kappa shape index (κ1) is 20.3. The highest BCUT2D eigenvalue weighted by Crippen LogP contribution is 2.34. The van der Waals surface area contributed by atoms with Gasteiger partial charge in [-0.15, -0.1) is 0 Å². The summed E-state index contributed by atoms with van der Waals surface area (Å²) in [5.41, 5.74) is 5.14. The number of rotatable bonds is 7. The molecule has 0 saturated heterocycles. The first-order valence-corrected chi connectivity index (χ1v) is 10.3. The number of nitrogens with zero attached hydrogens (tertiary/aromatic N) is 1. The molecule has 2 rings (SSSR count). The molecule has 0 aliphatic rings. The number of nitrogens with one attached hydrogen (secondary N) is 2. The zero-order valence-electron chi connectivity index (χ0n) is 16.4. The summed E-state index contributed by atoms with van der Waals surface area (Å²) in [4.78, 5) is 0. The predicted octanol–water partition coefficient (Wildman–Crippen LogP) is 4.90. The standard InChI is InChI=1S/C20H29N3O2S/c1-14(2)18-8-7-9-19(15(3)4)20(18)21-16-10-12-17(13-11-16)22-26(24,25)23(5)6/h7-15,21-22H,1-6H3. The number of para-hydroxylation sites is 1. The normalized spacial score (nSPS) is 12.0. The molecular weight excluding hydrogens is 346 g/mol. The largest absolute Gasteiger partial charge is 0.355 e. The highest BCUT2D eigenvalue weighted by atomic mass is 32.2. The molecule has 5 nitrogen and oxygen atoms in total. The molecule has 6 heteroatoms. The number of benzene rings is 2. The van der Waals surface area contributed by atoms with Crippen LogP contribution in [-0.4, -0.2) is 26.8 Å². The lowest BCUT2D eigenvalue weighted by Crippen LogP contribution is -2.28. The van der Waals surface area contributed by atoms with Gasteiger partial charge in [-0.25, -0.2) is 0 Å². The summed E-state index contributed by atoms with van der Waals surface area (Å²) in [6.07, 6.45) is 0. The smallest absolute Gasteiger partial charge is 0.301 e. The Balaban J connectivity index is 2.30. The molecule has 2 N–H and O–H groups in total. The molecule has 0 amide bonds. The molecule has 0 radical (unpaired) electrons. The molecule has 0 unspecified atom stereocenters. The minimum absolute atomic E-state index is 0.405. The van der Waals surface area contributed by atoms with E-state index in [1.54, 1.807) is 12.1 Å². The van der Waals surface area contributed by atoms with Crippen LogP contribution in [0.5, 0.6) is 0 Å². The third-order valence-corrected chi connectivity index (χ3v) is 5.71. The second-order valence-electron chi connectivity index (χ2n) is 7.21. The summed E-state index contributed by atoms with van der Waals surface area (Å²) in [6, 6.07) is 13.7. The lowest BCUT2D eigenvalue weighted by molar-refractivity contribution is 0.527. The van der Waals surface area contributed by atoms with E-state index in [-0.39, 0.29) is 0 Å². The van der Waals surface area contributed by atoms with Crippen molar-refractivity contribution in [2.24, 2.45) is 0 Å². The lowest BCUT2D eigenvalue weighted by atomic mass is 9.92. The van der Waals surface area contributed by atoms with Gasteiger partial charge >= 0.3 is 10.2 Å². The average Bonchev–Trinajstić information content (AvgIpc) is 2.56. The van der Waals surface area contributed by atoms with E-state index in [1.807, 2.05) is 12.1 Å². The van der Waals surface area contributed by atoms with Gasteiger partial charge in [0.2, 0.25) is 0 Å². The minimum Gasteiger partial charge on any atom is -0.355 e. The quantitative estimate of drug-likeness (QED) is 0.724. The van der Waals surface area contributed by atoms with Crippen molar-refractivity contribution < 1.29 is 8.42 Å². The molecule has 26 heavy (non-hydrogen) atoms. The Bertz CT molecular complexity index is 816. The molecule has 0 fully saturated rings. The van der Waals surface area contributed by atoms with Gasteiger partial charge in [-0.2, -0.15) is 12.7 Å². The van der Waals surface area contributed by atoms with Crippen molar-refractivity contribution in [2.45, 2.75) is 39.5 Å². The molecule has 2 aromatic carbocycles. The maximum Gasteiger partial charge on any atom is 0.301 e. The third-order valence-electron chi connectivity index (χ3n) is 4.25. The summed E-state index contributed by atoms with van der Waals surface area (Å²) >= 11 is 0. The van der Waals surface area contributed by atoms with E-state index in [2.05, 4.69) is 55.9 Å². The topological polar surface area (TPSA) is 61.4 Å². The summed E-state index contributed by atoms with van der Waals surface area (Å²) in [6.45, 7) is 8.74. The van der Waals surface area contributed by atoms with Gasteiger partial charge in [0.15, 0.2) is 0 Å². The molecule has 0 spiro atoms. The van der Waals surface area contributed by atoms with Crippen LogP contribution in [0.25, 0.3) is 0 Å². The lowest BCUT2D eigenvalue weighted by Gasteiger charge is -2.21. The van der Waals surface area contributed by atoms with Gasteiger partial charge in [0.1, 0.15) is 0 Å². The van der Waals surface area contributed by atoms with E-state index in [9.17, 15) is 8.42 Å². The molecule has 0 heterocycles. The first-order chi connectivity index (χ1) is 12.1. The predicted molar refractivity (Wildman–Crippen MR) is 111 cm³/mol. The second kappa shape index (κ2) is 8.10. The van der Waals surface area contributed by atoms with Gasteiger partial charge in [-0.05, 0) is 47.2 Å². The Hall–Kier alpha value is -2.05. The molecule has 0 aliphatic heterocycles. The van der Waals surface area contributed by atoms with Gasteiger partial charge in [0, 0.05) is 31.2 Å². The molecule has 0 aliphatic carbocycles. The molecule has 0 atom stereocenters. The maximum absolute atomic E-state index is 11.9. The van der Waals surface area contributed by atoms with Crippen molar-refractivity contribution in [3.63, 3.8) is 0 Å². The van der Waals surface area contributed by atoms with Crippen molar-refractivity contribution in [3.8, 4) is 0 Å². The van der Waals surface area contributed by atoms with Gasteiger partial charge in [0.25, 0.3) is 0 Å². The summed E-state index contributed by atoms with van der Waals surface area (Å²) in [5.74, 6) is 0.810. The molecule has 0 aromatic heterocycles. The number of hydrogen-bond acceptors (Lipinski definition) is 3. The third kappa shape index (κ3) is 4.77. The summed E-state index contributed by atoms with van der Waals surface area (Å²) < 4.78 is 27.5. The van der Waals surface area contributed by atoms with E-state index < -0.39 is 10.2 Å². The fourth-order valence-corrected chi connectivity index (χ4v) is 3.32. The molecular formula is C20H29N3O2S. The van der Waals surface area contributed by atoms with Crippen LogP contribution in [0.4, 0.5) is 17.1 Å². The van der Waals surface area contributed by atoms with E-state index in [4.69, 9.17) is 0 Å². The molecule has 142 valence electrons. The van der Waals surface area contributed by atoms with E-state index in [0.717, 1.165) is 15.7 Å². The zero-order chi connectivity index (χ0) is 19.5. The maximum atomic E-state index is 11.9. The van der Waals surface area contributed by atoms with Crippen molar-refractivity contribution >= 4 is 27.3 Å². The molecule has 2 aromatic rings.